The van der Waals surface area contributed by atoms with Crippen molar-refractivity contribution < 1.29 is 14.3 Å². The molecule has 22 heavy (non-hydrogen) atoms. The van der Waals surface area contributed by atoms with Crippen LogP contribution in [0, 0.1) is 0 Å². The van der Waals surface area contributed by atoms with Crippen molar-refractivity contribution in [2.24, 2.45) is 0 Å². The number of benzene rings is 1. The van der Waals surface area contributed by atoms with Crippen molar-refractivity contribution in [2.75, 3.05) is 5.32 Å². The van der Waals surface area contributed by atoms with Crippen molar-refractivity contribution in [3.8, 4) is 0 Å². The van der Waals surface area contributed by atoms with Crippen molar-refractivity contribution in [3.63, 3.8) is 0 Å². The fraction of sp³-hybridized carbons (Fsp3) is 0.467. The second-order valence-corrected chi connectivity index (χ2v) is 6.62. The Bertz CT molecular complexity index is 536. The van der Waals surface area contributed by atoms with Crippen LogP contribution < -0.4 is 15.4 Å². The molecule has 0 heterocycles. The number of ether oxygens (including phenoxy) is 1. The molecule has 0 aliphatic carbocycles. The molecule has 0 aliphatic heterocycles. The van der Waals surface area contributed by atoms with Crippen molar-refractivity contribution in [2.45, 2.75) is 45.8 Å². The number of thiol groups is 1. The van der Waals surface area contributed by atoms with Gasteiger partial charge in [0.1, 0.15) is 5.60 Å². The highest BCUT2D eigenvalue weighted by Crippen LogP contribution is 2.22. The van der Waals surface area contributed by atoms with Crippen LogP contribution >= 0.6 is 12.8 Å². The molecular formula is C15H23N3O3S. The molecule has 122 valence electrons. The Morgan fingerprint density at radius 3 is 2.05 bits per heavy atom. The van der Waals surface area contributed by atoms with Gasteiger partial charge in [0.15, 0.2) is 0 Å². The summed E-state index contributed by atoms with van der Waals surface area (Å²) in [5, 5.41) is 5.43. The topological polar surface area (TPSA) is 79.5 Å². The van der Waals surface area contributed by atoms with Gasteiger partial charge >= 0.3 is 12.1 Å². The minimum absolute atomic E-state index is 0.415. The standard InChI is InChI=1S/C15H23N3O3S/c1-14(2,3)21-13(20)17-15(4,5)10-6-8-11(9-7-10)16-12(19)18-22/h6-9,22H,1-5H3,(H,17,20)(H2,16,18,19). The highest BCUT2D eigenvalue weighted by atomic mass is 32.1. The van der Waals surface area contributed by atoms with Crippen LogP contribution in [0.4, 0.5) is 15.3 Å². The molecule has 3 amide bonds. The fourth-order valence-electron chi connectivity index (χ4n) is 1.76. The van der Waals surface area contributed by atoms with Crippen LogP contribution in [0.25, 0.3) is 0 Å². The van der Waals surface area contributed by atoms with Crippen LogP contribution in [0.5, 0.6) is 0 Å². The third-order valence-corrected chi connectivity index (χ3v) is 2.98. The van der Waals surface area contributed by atoms with Gasteiger partial charge in [0.05, 0.1) is 5.54 Å². The minimum Gasteiger partial charge on any atom is -0.444 e. The summed E-state index contributed by atoms with van der Waals surface area (Å²) >= 11 is 3.66. The number of rotatable bonds is 3. The van der Waals surface area contributed by atoms with Gasteiger partial charge in [-0.1, -0.05) is 24.9 Å². The lowest BCUT2D eigenvalue weighted by Crippen LogP contribution is -2.43. The average molecular weight is 325 g/mol. The summed E-state index contributed by atoms with van der Waals surface area (Å²) in [5.41, 5.74) is 0.361. The summed E-state index contributed by atoms with van der Waals surface area (Å²) in [6.45, 7) is 9.19. The lowest BCUT2D eigenvalue weighted by molar-refractivity contribution is 0.0470. The molecule has 6 nitrogen and oxygen atoms in total. The molecule has 0 saturated heterocycles. The molecule has 3 N–H and O–H groups in total. The van der Waals surface area contributed by atoms with E-state index in [1.807, 2.05) is 46.8 Å². The first kappa shape index (κ1) is 18.2. The van der Waals surface area contributed by atoms with Crippen LogP contribution in [-0.2, 0) is 10.3 Å². The third kappa shape index (κ3) is 5.85. The van der Waals surface area contributed by atoms with Crippen LogP contribution in [0.3, 0.4) is 0 Å². The van der Waals surface area contributed by atoms with Gasteiger partial charge in [0.2, 0.25) is 0 Å². The molecule has 1 aromatic carbocycles. The Hall–Kier alpha value is -1.89. The number of amides is 3. The van der Waals surface area contributed by atoms with Crippen molar-refractivity contribution in [1.82, 2.24) is 10.0 Å². The number of anilines is 1. The van der Waals surface area contributed by atoms with Gasteiger partial charge in [-0.3, -0.25) is 4.72 Å². The Kier molecular flexibility index (Phi) is 5.71. The van der Waals surface area contributed by atoms with E-state index in [-0.39, 0.29) is 0 Å². The van der Waals surface area contributed by atoms with Gasteiger partial charge < -0.3 is 15.4 Å². The van der Waals surface area contributed by atoms with Crippen LogP contribution in [0.1, 0.15) is 40.2 Å². The number of alkyl carbamates (subject to hydrolysis) is 1. The van der Waals surface area contributed by atoms with E-state index >= 15 is 0 Å². The van der Waals surface area contributed by atoms with E-state index in [2.05, 4.69) is 28.2 Å². The molecule has 0 saturated carbocycles. The third-order valence-electron chi connectivity index (χ3n) is 2.78. The monoisotopic (exact) mass is 325 g/mol. The second-order valence-electron chi connectivity index (χ2n) is 6.40. The van der Waals surface area contributed by atoms with E-state index in [9.17, 15) is 9.59 Å². The smallest absolute Gasteiger partial charge is 0.408 e. The second kappa shape index (κ2) is 6.91. The minimum atomic E-state index is -0.604. The van der Waals surface area contributed by atoms with E-state index < -0.39 is 23.3 Å². The molecule has 0 atom stereocenters. The van der Waals surface area contributed by atoms with E-state index in [4.69, 9.17) is 4.74 Å². The number of hydrogen-bond donors (Lipinski definition) is 4. The first-order chi connectivity index (χ1) is 10.0. The molecular weight excluding hydrogens is 302 g/mol. The van der Waals surface area contributed by atoms with Gasteiger partial charge in [-0.05, 0) is 52.3 Å². The fourth-order valence-corrected chi connectivity index (χ4v) is 1.82. The number of carbonyl (C=O) groups excluding carboxylic acids is 2. The molecule has 0 bridgehead atoms. The molecule has 0 fully saturated rings. The highest BCUT2D eigenvalue weighted by Gasteiger charge is 2.26. The largest absolute Gasteiger partial charge is 0.444 e. The van der Waals surface area contributed by atoms with E-state index in [1.165, 1.54) is 0 Å². The maximum Gasteiger partial charge on any atom is 0.408 e. The number of urea groups is 1. The maximum absolute atomic E-state index is 11.9. The summed E-state index contributed by atoms with van der Waals surface area (Å²) in [6.07, 6.45) is -0.478. The zero-order chi connectivity index (χ0) is 17.0. The summed E-state index contributed by atoms with van der Waals surface area (Å²) in [4.78, 5) is 23.1. The predicted molar refractivity (Wildman–Crippen MR) is 90.0 cm³/mol. The van der Waals surface area contributed by atoms with Crippen molar-refractivity contribution in [3.05, 3.63) is 29.8 Å². The Morgan fingerprint density at radius 1 is 1.05 bits per heavy atom. The SMILES string of the molecule is CC(C)(C)OC(=O)NC(C)(C)c1ccc(NC(=O)NS)cc1. The maximum atomic E-state index is 11.9. The van der Waals surface area contributed by atoms with E-state index in [0.717, 1.165) is 5.56 Å². The molecule has 7 heteroatoms. The van der Waals surface area contributed by atoms with Gasteiger partial charge in [0, 0.05) is 5.69 Å². The molecule has 0 unspecified atom stereocenters. The molecule has 1 aromatic rings. The number of nitrogens with one attached hydrogen (secondary N) is 3. The van der Waals surface area contributed by atoms with E-state index in [1.54, 1.807) is 12.1 Å². The first-order valence-corrected chi connectivity index (χ1v) is 7.31. The Balaban J connectivity index is 2.76. The average Bonchev–Trinajstić information content (AvgIpc) is 2.36. The van der Waals surface area contributed by atoms with Gasteiger partial charge in [-0.15, -0.1) is 0 Å². The quantitative estimate of drug-likeness (QED) is 0.643. The lowest BCUT2D eigenvalue weighted by Gasteiger charge is -2.29. The first-order valence-electron chi connectivity index (χ1n) is 6.86. The van der Waals surface area contributed by atoms with Crippen LogP contribution in [-0.4, -0.2) is 17.7 Å². The van der Waals surface area contributed by atoms with Gasteiger partial charge in [-0.2, -0.15) is 0 Å². The summed E-state index contributed by atoms with van der Waals surface area (Å²) in [7, 11) is 0. The number of carbonyl (C=O) groups is 2. The van der Waals surface area contributed by atoms with E-state index in [0.29, 0.717) is 5.69 Å². The summed E-state index contributed by atoms with van der Waals surface area (Å²) in [5.74, 6) is 0. The summed E-state index contributed by atoms with van der Waals surface area (Å²) < 4.78 is 7.44. The number of hydrogen-bond acceptors (Lipinski definition) is 4. The van der Waals surface area contributed by atoms with Crippen LogP contribution in [0.15, 0.2) is 24.3 Å². The van der Waals surface area contributed by atoms with Crippen LogP contribution in [0.2, 0.25) is 0 Å². The Morgan fingerprint density at radius 2 is 1.59 bits per heavy atom. The molecule has 0 radical (unpaired) electrons. The highest BCUT2D eigenvalue weighted by molar-refractivity contribution is 7.78. The van der Waals surface area contributed by atoms with Crippen molar-refractivity contribution >= 4 is 30.6 Å². The molecule has 0 spiro atoms. The zero-order valence-electron chi connectivity index (χ0n) is 13.5. The van der Waals surface area contributed by atoms with Gasteiger partial charge in [0.25, 0.3) is 0 Å². The summed E-state index contributed by atoms with van der Waals surface area (Å²) in [6, 6.07) is 6.73. The molecule has 1 rings (SSSR count). The Labute approximate surface area is 136 Å². The predicted octanol–water partition coefficient (Wildman–Crippen LogP) is 3.41. The van der Waals surface area contributed by atoms with Crippen molar-refractivity contribution in [1.29, 1.82) is 0 Å². The van der Waals surface area contributed by atoms with Gasteiger partial charge in [-0.25, -0.2) is 9.59 Å². The molecule has 0 aromatic heterocycles. The zero-order valence-corrected chi connectivity index (χ0v) is 14.4. The molecule has 0 aliphatic rings. The normalized spacial score (nSPS) is 11.5. The lowest BCUT2D eigenvalue weighted by atomic mass is 9.94.